The monoisotopic (exact) mass is 199 g/mol. The second-order valence-electron chi connectivity index (χ2n) is 3.46. The van der Waals surface area contributed by atoms with Crippen LogP contribution in [-0.2, 0) is 0 Å². The Balaban J connectivity index is 2.32. The molecule has 0 amide bonds. The van der Waals surface area contributed by atoms with E-state index in [0.717, 1.165) is 16.9 Å². The SMILES string of the molecule is Cc1cccc(O)c1Nc1ccccc1. The predicted octanol–water partition coefficient (Wildman–Crippen LogP) is 3.44. The van der Waals surface area contributed by atoms with Crippen LogP contribution in [0.15, 0.2) is 48.5 Å². The van der Waals surface area contributed by atoms with Crippen molar-refractivity contribution in [3.05, 3.63) is 54.1 Å². The Morgan fingerprint density at radius 2 is 1.67 bits per heavy atom. The lowest BCUT2D eigenvalue weighted by Crippen LogP contribution is -1.92. The highest BCUT2D eigenvalue weighted by molar-refractivity contribution is 5.69. The van der Waals surface area contributed by atoms with Crippen LogP contribution in [-0.4, -0.2) is 5.11 Å². The largest absolute Gasteiger partial charge is 0.506 e. The third kappa shape index (κ3) is 2.10. The smallest absolute Gasteiger partial charge is 0.139 e. The van der Waals surface area contributed by atoms with Gasteiger partial charge in [-0.05, 0) is 30.7 Å². The maximum Gasteiger partial charge on any atom is 0.139 e. The molecule has 0 saturated heterocycles. The zero-order valence-corrected chi connectivity index (χ0v) is 8.57. The molecule has 76 valence electrons. The van der Waals surface area contributed by atoms with Gasteiger partial charge in [-0.15, -0.1) is 0 Å². The summed E-state index contributed by atoms with van der Waals surface area (Å²) in [6.07, 6.45) is 0. The molecule has 0 bridgehead atoms. The summed E-state index contributed by atoms with van der Waals surface area (Å²) in [5, 5.41) is 12.9. The summed E-state index contributed by atoms with van der Waals surface area (Å²) in [6.45, 7) is 1.96. The standard InChI is InChI=1S/C13H13NO/c1-10-6-5-9-12(15)13(10)14-11-7-3-2-4-8-11/h2-9,14-15H,1H3. The summed E-state index contributed by atoms with van der Waals surface area (Å²) < 4.78 is 0. The summed E-state index contributed by atoms with van der Waals surface area (Å²) in [5.74, 6) is 0.277. The van der Waals surface area contributed by atoms with Crippen LogP contribution in [0.5, 0.6) is 5.75 Å². The van der Waals surface area contributed by atoms with Crippen molar-refractivity contribution >= 4 is 11.4 Å². The van der Waals surface area contributed by atoms with Gasteiger partial charge in [0.05, 0.1) is 5.69 Å². The summed E-state index contributed by atoms with van der Waals surface area (Å²) in [4.78, 5) is 0. The third-order valence-corrected chi connectivity index (χ3v) is 2.29. The van der Waals surface area contributed by atoms with Crippen LogP contribution in [0.25, 0.3) is 0 Å². The normalized spacial score (nSPS) is 9.93. The minimum Gasteiger partial charge on any atom is -0.506 e. The molecule has 0 spiro atoms. The number of rotatable bonds is 2. The first-order valence-corrected chi connectivity index (χ1v) is 4.88. The van der Waals surface area contributed by atoms with Crippen molar-refractivity contribution in [1.82, 2.24) is 0 Å². The van der Waals surface area contributed by atoms with Crippen molar-refractivity contribution < 1.29 is 5.11 Å². The molecule has 0 aliphatic carbocycles. The average molecular weight is 199 g/mol. The number of benzene rings is 2. The van der Waals surface area contributed by atoms with Crippen LogP contribution in [0.4, 0.5) is 11.4 Å². The van der Waals surface area contributed by atoms with E-state index in [1.54, 1.807) is 6.07 Å². The lowest BCUT2D eigenvalue weighted by Gasteiger charge is -2.10. The molecule has 0 fully saturated rings. The van der Waals surface area contributed by atoms with Gasteiger partial charge < -0.3 is 10.4 Å². The van der Waals surface area contributed by atoms with E-state index in [1.807, 2.05) is 49.4 Å². The fraction of sp³-hybridized carbons (Fsp3) is 0.0769. The third-order valence-electron chi connectivity index (χ3n) is 2.29. The van der Waals surface area contributed by atoms with Crippen LogP contribution in [0.2, 0.25) is 0 Å². The second-order valence-corrected chi connectivity index (χ2v) is 3.46. The lowest BCUT2D eigenvalue weighted by molar-refractivity contribution is 0.477. The minimum absolute atomic E-state index is 0.277. The van der Waals surface area contributed by atoms with Crippen LogP contribution in [0, 0.1) is 6.92 Å². The molecular formula is C13H13NO. The number of hydrogen-bond acceptors (Lipinski definition) is 2. The summed E-state index contributed by atoms with van der Waals surface area (Å²) in [7, 11) is 0. The van der Waals surface area contributed by atoms with Crippen molar-refractivity contribution in [2.75, 3.05) is 5.32 Å². The molecule has 2 heteroatoms. The Morgan fingerprint density at radius 1 is 0.933 bits per heavy atom. The fourth-order valence-electron chi connectivity index (χ4n) is 1.48. The summed E-state index contributed by atoms with van der Waals surface area (Å²) in [6, 6.07) is 15.3. The highest BCUT2D eigenvalue weighted by Crippen LogP contribution is 2.29. The van der Waals surface area contributed by atoms with Crippen molar-refractivity contribution in [2.45, 2.75) is 6.92 Å². The van der Waals surface area contributed by atoms with Crippen LogP contribution in [0.3, 0.4) is 0 Å². The lowest BCUT2D eigenvalue weighted by atomic mass is 10.1. The van der Waals surface area contributed by atoms with Crippen molar-refractivity contribution in [3.8, 4) is 5.75 Å². The molecule has 0 atom stereocenters. The van der Waals surface area contributed by atoms with Gasteiger partial charge >= 0.3 is 0 Å². The topological polar surface area (TPSA) is 32.3 Å². The Labute approximate surface area is 89.2 Å². The Morgan fingerprint density at radius 3 is 2.33 bits per heavy atom. The number of phenolic OH excluding ortho intramolecular Hbond substituents is 1. The van der Waals surface area contributed by atoms with E-state index in [4.69, 9.17) is 0 Å². The Kier molecular flexibility index (Phi) is 2.59. The van der Waals surface area contributed by atoms with E-state index in [1.165, 1.54) is 0 Å². The van der Waals surface area contributed by atoms with Gasteiger partial charge in [-0.2, -0.15) is 0 Å². The van der Waals surface area contributed by atoms with Gasteiger partial charge in [-0.25, -0.2) is 0 Å². The van der Waals surface area contributed by atoms with E-state index in [2.05, 4.69) is 5.32 Å². The van der Waals surface area contributed by atoms with Crippen LogP contribution in [0.1, 0.15) is 5.56 Å². The highest BCUT2D eigenvalue weighted by atomic mass is 16.3. The average Bonchev–Trinajstić information content (AvgIpc) is 2.25. The van der Waals surface area contributed by atoms with Crippen molar-refractivity contribution in [3.63, 3.8) is 0 Å². The highest BCUT2D eigenvalue weighted by Gasteiger charge is 2.03. The van der Waals surface area contributed by atoms with Crippen molar-refractivity contribution in [2.24, 2.45) is 0 Å². The first kappa shape index (κ1) is 9.59. The number of aryl methyl sites for hydroxylation is 1. The fourth-order valence-corrected chi connectivity index (χ4v) is 1.48. The summed E-state index contributed by atoms with van der Waals surface area (Å²) in [5.41, 5.74) is 2.77. The van der Waals surface area contributed by atoms with Crippen LogP contribution < -0.4 is 5.32 Å². The molecular weight excluding hydrogens is 186 g/mol. The molecule has 0 unspecified atom stereocenters. The molecule has 0 aliphatic heterocycles. The minimum atomic E-state index is 0.277. The number of hydrogen-bond donors (Lipinski definition) is 2. The number of aromatic hydroxyl groups is 1. The van der Waals surface area contributed by atoms with Gasteiger partial charge in [-0.3, -0.25) is 0 Å². The maximum absolute atomic E-state index is 9.69. The second kappa shape index (κ2) is 4.05. The van der Waals surface area contributed by atoms with E-state index in [0.29, 0.717) is 0 Å². The molecule has 2 aromatic carbocycles. The quantitative estimate of drug-likeness (QED) is 0.726. The first-order chi connectivity index (χ1) is 7.27. The van der Waals surface area contributed by atoms with E-state index >= 15 is 0 Å². The molecule has 0 heterocycles. The Bertz CT molecular complexity index is 431. The van der Waals surface area contributed by atoms with E-state index in [-0.39, 0.29) is 5.75 Å². The van der Waals surface area contributed by atoms with Gasteiger partial charge in [0.1, 0.15) is 5.75 Å². The van der Waals surface area contributed by atoms with Gasteiger partial charge in [0.25, 0.3) is 0 Å². The number of para-hydroxylation sites is 2. The molecule has 2 aromatic rings. The molecule has 0 aliphatic rings. The molecule has 15 heavy (non-hydrogen) atoms. The van der Waals surface area contributed by atoms with Gasteiger partial charge in [0.15, 0.2) is 0 Å². The van der Waals surface area contributed by atoms with Gasteiger partial charge in [0, 0.05) is 5.69 Å². The van der Waals surface area contributed by atoms with Crippen LogP contribution >= 0.6 is 0 Å². The van der Waals surface area contributed by atoms with Crippen molar-refractivity contribution in [1.29, 1.82) is 0 Å². The number of anilines is 2. The number of nitrogens with one attached hydrogen (secondary N) is 1. The maximum atomic E-state index is 9.69. The Hall–Kier alpha value is -1.96. The first-order valence-electron chi connectivity index (χ1n) is 4.88. The predicted molar refractivity (Wildman–Crippen MR) is 62.6 cm³/mol. The molecule has 0 aromatic heterocycles. The molecule has 0 saturated carbocycles. The molecule has 2 rings (SSSR count). The molecule has 2 N–H and O–H groups in total. The zero-order valence-electron chi connectivity index (χ0n) is 8.57. The number of phenols is 1. The van der Waals surface area contributed by atoms with E-state index in [9.17, 15) is 5.11 Å². The van der Waals surface area contributed by atoms with Gasteiger partial charge in [-0.1, -0.05) is 30.3 Å². The molecule has 0 radical (unpaired) electrons. The van der Waals surface area contributed by atoms with Gasteiger partial charge in [0.2, 0.25) is 0 Å². The summed E-state index contributed by atoms with van der Waals surface area (Å²) >= 11 is 0. The van der Waals surface area contributed by atoms with E-state index < -0.39 is 0 Å². The zero-order chi connectivity index (χ0) is 10.7. The molecule has 2 nitrogen and oxygen atoms in total.